The van der Waals surface area contributed by atoms with Gasteiger partial charge < -0.3 is 15.3 Å². The molecule has 0 radical (unpaired) electrons. The van der Waals surface area contributed by atoms with Gasteiger partial charge in [0.25, 0.3) is 0 Å². The van der Waals surface area contributed by atoms with Gasteiger partial charge in [0.1, 0.15) is 11.6 Å². The number of fused-ring (bicyclic) bond motifs is 1. The number of hydrogen-bond acceptors (Lipinski definition) is 2. The van der Waals surface area contributed by atoms with E-state index in [1.165, 1.54) is 43.4 Å². The van der Waals surface area contributed by atoms with Gasteiger partial charge in [0.15, 0.2) is 0 Å². The van der Waals surface area contributed by atoms with E-state index in [9.17, 15) is 9.90 Å². The van der Waals surface area contributed by atoms with Crippen molar-refractivity contribution in [2.45, 2.75) is 74.8 Å². The number of aliphatic hydroxyl groups is 1. The zero-order valence-corrected chi connectivity index (χ0v) is 16.5. The zero-order valence-electron chi connectivity index (χ0n) is 16.5. The van der Waals surface area contributed by atoms with Gasteiger partial charge in [0, 0.05) is 29.7 Å². The van der Waals surface area contributed by atoms with E-state index in [1.807, 2.05) is 12.1 Å². The monoisotopic (exact) mass is 369 g/mol. The van der Waals surface area contributed by atoms with Crippen molar-refractivity contribution >= 4 is 5.91 Å². The second-order valence-electron chi connectivity index (χ2n) is 10.1. The molecule has 1 aromatic rings. The van der Waals surface area contributed by atoms with Gasteiger partial charge in [-0.3, -0.25) is 4.79 Å². The maximum Gasteiger partial charge on any atom is 0.248 e. The summed E-state index contributed by atoms with van der Waals surface area (Å²) in [6.45, 7) is 2.36. The van der Waals surface area contributed by atoms with Crippen molar-refractivity contribution in [3.63, 3.8) is 0 Å². The molecule has 1 amide bonds. The second-order valence-corrected chi connectivity index (χ2v) is 10.1. The number of carbonyl (C=O) groups is 1. The van der Waals surface area contributed by atoms with Crippen LogP contribution in [0.1, 0.15) is 72.9 Å². The molecule has 5 rings (SSSR count). The molecule has 146 valence electrons. The van der Waals surface area contributed by atoms with Gasteiger partial charge in [-0.25, -0.2) is 0 Å². The first kappa shape index (κ1) is 17.7. The van der Waals surface area contributed by atoms with Gasteiger partial charge in [0.05, 0.1) is 20.1 Å². The summed E-state index contributed by atoms with van der Waals surface area (Å²) in [7, 11) is 2.41. The van der Waals surface area contributed by atoms with Gasteiger partial charge in [-0.05, 0) is 48.9 Å². The highest BCUT2D eigenvalue weighted by Crippen LogP contribution is 2.59. The molecule has 2 bridgehead atoms. The summed E-state index contributed by atoms with van der Waals surface area (Å²) in [4.78, 5) is 11.8. The van der Waals surface area contributed by atoms with Crippen LogP contribution in [0.3, 0.4) is 0 Å². The summed E-state index contributed by atoms with van der Waals surface area (Å²) in [6.07, 6.45) is 10.3. The Morgan fingerprint density at radius 2 is 2.00 bits per heavy atom. The lowest BCUT2D eigenvalue weighted by molar-refractivity contribution is -0.952. The highest BCUT2D eigenvalue weighted by atomic mass is 16.3. The fourth-order valence-electron chi connectivity index (χ4n) is 7.16. The predicted molar refractivity (Wildman–Crippen MR) is 105 cm³/mol. The number of primary amides is 1. The molecule has 0 aromatic heterocycles. The van der Waals surface area contributed by atoms with Crippen LogP contribution in [0.25, 0.3) is 0 Å². The van der Waals surface area contributed by atoms with Crippen LogP contribution < -0.4 is 5.73 Å². The Morgan fingerprint density at radius 1 is 1.22 bits per heavy atom. The first-order valence-corrected chi connectivity index (χ1v) is 10.9. The molecule has 4 heteroatoms. The first-order valence-electron chi connectivity index (χ1n) is 10.9. The van der Waals surface area contributed by atoms with Gasteiger partial charge >= 0.3 is 0 Å². The molecule has 1 saturated heterocycles. The van der Waals surface area contributed by atoms with Crippen LogP contribution in [0.4, 0.5) is 0 Å². The minimum Gasteiger partial charge on any atom is -0.383 e. The van der Waals surface area contributed by atoms with E-state index in [0.29, 0.717) is 5.56 Å². The number of nitrogens with zero attached hydrogens (tertiary/aromatic N) is 1. The molecular weight excluding hydrogens is 336 g/mol. The van der Waals surface area contributed by atoms with Gasteiger partial charge in [-0.2, -0.15) is 0 Å². The number of piperidine rings is 1. The molecule has 1 heterocycles. The maximum atomic E-state index is 12.2. The van der Waals surface area contributed by atoms with E-state index in [1.54, 1.807) is 0 Å². The third-order valence-corrected chi connectivity index (χ3v) is 8.82. The summed E-state index contributed by atoms with van der Waals surface area (Å²) in [5.41, 5.74) is 7.91. The van der Waals surface area contributed by atoms with E-state index < -0.39 is 5.60 Å². The van der Waals surface area contributed by atoms with Crippen LogP contribution in [0.15, 0.2) is 18.2 Å². The van der Waals surface area contributed by atoms with Crippen molar-refractivity contribution in [2.75, 3.05) is 20.1 Å². The quantitative estimate of drug-likeness (QED) is 0.805. The lowest BCUT2D eigenvalue weighted by Crippen LogP contribution is -2.78. The Kier molecular flexibility index (Phi) is 3.80. The topological polar surface area (TPSA) is 63.3 Å². The Labute approximate surface area is 162 Å². The second kappa shape index (κ2) is 5.81. The third kappa shape index (κ3) is 2.32. The van der Waals surface area contributed by atoms with Crippen LogP contribution in [-0.2, 0) is 11.8 Å². The highest BCUT2D eigenvalue weighted by molar-refractivity contribution is 5.93. The Balaban J connectivity index is 1.63. The zero-order chi connectivity index (χ0) is 18.9. The molecule has 27 heavy (non-hydrogen) atoms. The molecule has 3 N–H and O–H groups in total. The summed E-state index contributed by atoms with van der Waals surface area (Å²) in [5.74, 6) is 0.477. The third-order valence-electron chi connectivity index (χ3n) is 8.82. The predicted octanol–water partition coefficient (Wildman–Crippen LogP) is 2.90. The van der Waals surface area contributed by atoms with E-state index in [0.717, 1.165) is 49.0 Å². The van der Waals surface area contributed by atoms with Crippen LogP contribution >= 0.6 is 0 Å². The van der Waals surface area contributed by atoms with Crippen LogP contribution in [-0.4, -0.2) is 47.3 Å². The lowest BCUT2D eigenvalue weighted by atomic mass is 9.49. The summed E-state index contributed by atoms with van der Waals surface area (Å²) in [6, 6.07) is 6.30. The standard InChI is InChI=1S/C23H32N2O2/c1-25(15-16-5-4-6-16)12-11-22-9-2-3-10-23(22,27)20(25)14-17-7-8-18(21(24)26)13-19(17)22/h7-8,13,16,20,27H,2-6,9-12,14-15H2,1H3,(H-,24,26)/p+1/t20-,22+,23-,25?/m1/s1. The molecule has 0 spiro atoms. The molecule has 1 aliphatic heterocycles. The minimum absolute atomic E-state index is 0.188. The first-order chi connectivity index (χ1) is 12.9. The largest absolute Gasteiger partial charge is 0.383 e. The normalized spacial score (nSPS) is 40.6. The Morgan fingerprint density at radius 3 is 2.70 bits per heavy atom. The van der Waals surface area contributed by atoms with E-state index >= 15 is 0 Å². The summed E-state index contributed by atoms with van der Waals surface area (Å²) < 4.78 is 1.03. The SMILES string of the molecule is C[N+]1(CC2CCC2)CC[C@]23CCCC[C@@]2(O)[C@H]1Cc1ccc(C(N)=O)cc13. The van der Waals surface area contributed by atoms with Crippen molar-refractivity contribution in [3.05, 3.63) is 34.9 Å². The molecule has 4 nitrogen and oxygen atoms in total. The molecule has 1 aromatic carbocycles. The number of quaternary nitrogens is 1. The number of hydrogen-bond donors (Lipinski definition) is 2. The van der Waals surface area contributed by atoms with Crippen LogP contribution in [0.2, 0.25) is 0 Å². The van der Waals surface area contributed by atoms with E-state index in [4.69, 9.17) is 5.73 Å². The number of likely N-dealkylation sites (N-methyl/N-ethyl adjacent to an activating group) is 1. The van der Waals surface area contributed by atoms with Gasteiger partial charge in [-0.15, -0.1) is 0 Å². The number of carbonyl (C=O) groups excluding carboxylic acids is 1. The minimum atomic E-state index is -0.648. The molecule has 4 atom stereocenters. The van der Waals surface area contributed by atoms with Crippen molar-refractivity contribution < 1.29 is 14.4 Å². The summed E-state index contributed by atoms with van der Waals surface area (Å²) >= 11 is 0. The highest BCUT2D eigenvalue weighted by Gasteiger charge is 2.68. The van der Waals surface area contributed by atoms with Crippen molar-refractivity contribution in [2.24, 2.45) is 11.7 Å². The summed E-state index contributed by atoms with van der Waals surface area (Å²) in [5, 5.41) is 12.2. The smallest absolute Gasteiger partial charge is 0.248 e. The van der Waals surface area contributed by atoms with E-state index in [-0.39, 0.29) is 17.4 Å². The maximum absolute atomic E-state index is 12.2. The number of benzene rings is 1. The lowest BCUT2D eigenvalue weighted by Gasteiger charge is -2.66. The van der Waals surface area contributed by atoms with Crippen molar-refractivity contribution in [1.29, 1.82) is 0 Å². The number of likely N-dealkylation sites (tertiary alicyclic amines) is 1. The van der Waals surface area contributed by atoms with Crippen molar-refractivity contribution in [1.82, 2.24) is 0 Å². The average molecular weight is 370 g/mol. The Bertz CT molecular complexity index is 789. The molecule has 4 aliphatic rings. The fourth-order valence-corrected chi connectivity index (χ4v) is 7.16. The fraction of sp³-hybridized carbons (Fsp3) is 0.696. The average Bonchev–Trinajstić information content (AvgIpc) is 2.61. The number of nitrogens with two attached hydrogens (primary N) is 1. The molecule has 2 saturated carbocycles. The number of amides is 1. The van der Waals surface area contributed by atoms with Crippen LogP contribution in [0.5, 0.6) is 0 Å². The Hall–Kier alpha value is -1.39. The molecule has 1 unspecified atom stereocenters. The molecule has 3 aliphatic carbocycles. The van der Waals surface area contributed by atoms with Gasteiger partial charge in [0.2, 0.25) is 5.91 Å². The van der Waals surface area contributed by atoms with Crippen molar-refractivity contribution in [3.8, 4) is 0 Å². The molecule has 3 fully saturated rings. The van der Waals surface area contributed by atoms with Crippen LogP contribution in [0, 0.1) is 5.92 Å². The van der Waals surface area contributed by atoms with Gasteiger partial charge in [-0.1, -0.05) is 25.3 Å². The molecular formula is C23H33N2O2+. The van der Waals surface area contributed by atoms with E-state index in [2.05, 4.69) is 13.1 Å². The number of rotatable bonds is 3.